The van der Waals surface area contributed by atoms with E-state index in [0.29, 0.717) is 10.8 Å². The van der Waals surface area contributed by atoms with Crippen LogP contribution in [0.5, 0.6) is 0 Å². The summed E-state index contributed by atoms with van der Waals surface area (Å²) < 4.78 is 27.4. The maximum Gasteiger partial charge on any atom is 0.250 e. The van der Waals surface area contributed by atoms with Crippen molar-refractivity contribution in [2.75, 3.05) is 13.1 Å². The van der Waals surface area contributed by atoms with Crippen molar-refractivity contribution < 1.29 is 8.42 Å². The van der Waals surface area contributed by atoms with Crippen molar-refractivity contribution in [3.8, 4) is 0 Å². The maximum atomic E-state index is 12.2. The Kier molecular flexibility index (Phi) is 5.98. The van der Waals surface area contributed by atoms with E-state index in [9.17, 15) is 8.42 Å². The lowest BCUT2D eigenvalue weighted by atomic mass is 9.91. The van der Waals surface area contributed by atoms with Gasteiger partial charge in [-0.15, -0.1) is 11.3 Å². The van der Waals surface area contributed by atoms with Gasteiger partial charge in [-0.25, -0.2) is 13.1 Å². The molecule has 0 aliphatic heterocycles. The Hall–Kier alpha value is -0.430. The zero-order chi connectivity index (χ0) is 14.5. The molecular weight excluding hydrogens is 280 g/mol. The van der Waals surface area contributed by atoms with E-state index in [1.807, 2.05) is 13.0 Å². The van der Waals surface area contributed by atoms with Gasteiger partial charge in [0.2, 0.25) is 10.0 Å². The van der Waals surface area contributed by atoms with E-state index in [0.717, 1.165) is 24.4 Å². The van der Waals surface area contributed by atoms with Gasteiger partial charge in [0, 0.05) is 18.0 Å². The first-order valence-corrected chi connectivity index (χ1v) is 8.90. The van der Waals surface area contributed by atoms with Crippen LogP contribution < -0.4 is 10.0 Å². The van der Waals surface area contributed by atoms with Gasteiger partial charge in [0.1, 0.15) is 4.21 Å². The first kappa shape index (κ1) is 16.6. The average Bonchev–Trinajstić information content (AvgIpc) is 2.84. The van der Waals surface area contributed by atoms with E-state index in [4.69, 9.17) is 0 Å². The average molecular weight is 304 g/mol. The van der Waals surface area contributed by atoms with E-state index in [1.54, 1.807) is 6.07 Å². The number of hydrogen-bond donors (Lipinski definition) is 2. The first-order chi connectivity index (χ1) is 8.80. The highest BCUT2D eigenvalue weighted by atomic mass is 32.2. The number of hydrogen-bond acceptors (Lipinski definition) is 4. The van der Waals surface area contributed by atoms with Gasteiger partial charge >= 0.3 is 0 Å². The molecule has 0 aliphatic carbocycles. The summed E-state index contributed by atoms with van der Waals surface area (Å²) in [6.07, 6.45) is 0.936. The standard InChI is InChI=1S/C13H24N2O2S2/c1-5-13(3,4)10-15-19(16,17)12-8-7-11(18-12)9-14-6-2/h7-8,14-15H,5-6,9-10H2,1-4H3. The summed E-state index contributed by atoms with van der Waals surface area (Å²) in [5.74, 6) is 0. The summed E-state index contributed by atoms with van der Waals surface area (Å²) in [7, 11) is -3.37. The summed E-state index contributed by atoms with van der Waals surface area (Å²) in [5.41, 5.74) is -0.0169. The van der Waals surface area contributed by atoms with Crippen molar-refractivity contribution in [3.05, 3.63) is 17.0 Å². The molecule has 0 spiro atoms. The number of nitrogens with one attached hydrogen (secondary N) is 2. The fraction of sp³-hybridized carbons (Fsp3) is 0.692. The van der Waals surface area contributed by atoms with Crippen molar-refractivity contribution in [1.82, 2.24) is 10.0 Å². The lowest BCUT2D eigenvalue weighted by molar-refractivity contribution is 0.350. The Bertz CT molecular complexity index is 492. The summed E-state index contributed by atoms with van der Waals surface area (Å²) in [6, 6.07) is 3.55. The van der Waals surface area contributed by atoms with Crippen LogP contribution in [0.3, 0.4) is 0 Å². The molecular formula is C13H24N2O2S2. The monoisotopic (exact) mass is 304 g/mol. The summed E-state index contributed by atoms with van der Waals surface area (Å²) >= 11 is 1.32. The summed E-state index contributed by atoms with van der Waals surface area (Å²) in [6.45, 7) is 10.3. The van der Waals surface area contributed by atoms with Crippen LogP contribution in [0.1, 0.15) is 39.0 Å². The maximum absolute atomic E-state index is 12.2. The Morgan fingerprint density at radius 3 is 2.53 bits per heavy atom. The highest BCUT2D eigenvalue weighted by molar-refractivity contribution is 7.91. The SMILES string of the molecule is CCNCc1ccc(S(=O)(=O)NCC(C)(C)CC)s1. The van der Waals surface area contributed by atoms with Gasteiger partial charge < -0.3 is 5.32 Å². The molecule has 0 radical (unpaired) electrons. The van der Waals surface area contributed by atoms with Crippen molar-refractivity contribution in [3.63, 3.8) is 0 Å². The van der Waals surface area contributed by atoms with Crippen LogP contribution in [0, 0.1) is 5.41 Å². The minimum atomic E-state index is -3.37. The van der Waals surface area contributed by atoms with Gasteiger partial charge in [0.05, 0.1) is 0 Å². The molecule has 19 heavy (non-hydrogen) atoms. The Labute approximate surface area is 120 Å². The molecule has 110 valence electrons. The van der Waals surface area contributed by atoms with Crippen LogP contribution in [0.25, 0.3) is 0 Å². The van der Waals surface area contributed by atoms with Crippen molar-refractivity contribution in [2.24, 2.45) is 5.41 Å². The third-order valence-corrected chi connectivity index (χ3v) is 6.13. The molecule has 0 atom stereocenters. The molecule has 0 unspecified atom stereocenters. The van der Waals surface area contributed by atoms with Gasteiger partial charge in [-0.1, -0.05) is 27.7 Å². The first-order valence-electron chi connectivity index (χ1n) is 6.60. The molecule has 4 nitrogen and oxygen atoms in total. The molecule has 0 aromatic carbocycles. The van der Waals surface area contributed by atoms with E-state index >= 15 is 0 Å². The Morgan fingerprint density at radius 1 is 1.26 bits per heavy atom. The Balaban J connectivity index is 2.69. The zero-order valence-corrected chi connectivity index (χ0v) is 13.7. The van der Waals surface area contributed by atoms with E-state index < -0.39 is 10.0 Å². The molecule has 2 N–H and O–H groups in total. The topological polar surface area (TPSA) is 58.2 Å². The van der Waals surface area contributed by atoms with Gasteiger partial charge in [0.15, 0.2) is 0 Å². The molecule has 6 heteroatoms. The predicted octanol–water partition coefficient (Wildman–Crippen LogP) is 2.57. The second-order valence-electron chi connectivity index (χ2n) is 5.34. The largest absolute Gasteiger partial charge is 0.312 e. The van der Waals surface area contributed by atoms with E-state index in [2.05, 4.69) is 30.8 Å². The van der Waals surface area contributed by atoms with Crippen molar-refractivity contribution in [2.45, 2.75) is 44.9 Å². The Morgan fingerprint density at radius 2 is 1.95 bits per heavy atom. The molecule has 0 saturated heterocycles. The normalized spacial score (nSPS) is 12.8. The van der Waals surface area contributed by atoms with Crippen LogP contribution in [0.4, 0.5) is 0 Å². The highest BCUT2D eigenvalue weighted by Gasteiger charge is 2.21. The molecule has 1 heterocycles. The second-order valence-corrected chi connectivity index (χ2v) is 8.51. The van der Waals surface area contributed by atoms with Crippen LogP contribution in [-0.4, -0.2) is 21.5 Å². The van der Waals surface area contributed by atoms with Gasteiger partial charge in [-0.3, -0.25) is 0 Å². The van der Waals surface area contributed by atoms with Crippen LogP contribution in [0.2, 0.25) is 0 Å². The van der Waals surface area contributed by atoms with Gasteiger partial charge in [-0.2, -0.15) is 0 Å². The fourth-order valence-corrected chi connectivity index (χ4v) is 3.94. The van der Waals surface area contributed by atoms with Crippen LogP contribution >= 0.6 is 11.3 Å². The molecule has 0 saturated carbocycles. The lowest BCUT2D eigenvalue weighted by Crippen LogP contribution is -2.33. The molecule has 1 aromatic rings. The smallest absolute Gasteiger partial charge is 0.250 e. The minimum absolute atomic E-state index is 0.0169. The van der Waals surface area contributed by atoms with Gasteiger partial charge in [0.25, 0.3) is 0 Å². The molecule has 0 bridgehead atoms. The number of rotatable bonds is 8. The summed E-state index contributed by atoms with van der Waals surface area (Å²) in [5, 5.41) is 3.19. The second kappa shape index (κ2) is 6.83. The zero-order valence-electron chi connectivity index (χ0n) is 12.1. The van der Waals surface area contributed by atoms with Gasteiger partial charge in [-0.05, 0) is 30.5 Å². The molecule has 0 fully saturated rings. The van der Waals surface area contributed by atoms with Crippen LogP contribution in [0.15, 0.2) is 16.3 Å². The van der Waals surface area contributed by atoms with Crippen molar-refractivity contribution in [1.29, 1.82) is 0 Å². The highest BCUT2D eigenvalue weighted by Crippen LogP contribution is 2.23. The third kappa shape index (κ3) is 5.22. The minimum Gasteiger partial charge on any atom is -0.312 e. The molecule has 1 rings (SSSR count). The molecule has 0 aliphatic rings. The quantitative estimate of drug-likeness (QED) is 0.776. The lowest BCUT2D eigenvalue weighted by Gasteiger charge is -2.22. The number of thiophene rings is 1. The predicted molar refractivity (Wildman–Crippen MR) is 81.0 cm³/mol. The molecule has 0 amide bonds. The van der Waals surface area contributed by atoms with E-state index in [-0.39, 0.29) is 5.41 Å². The molecule has 1 aromatic heterocycles. The third-order valence-electron chi connectivity index (χ3n) is 3.15. The van der Waals surface area contributed by atoms with E-state index in [1.165, 1.54) is 11.3 Å². The van der Waals surface area contributed by atoms with Crippen molar-refractivity contribution >= 4 is 21.4 Å². The fourth-order valence-electron chi connectivity index (χ4n) is 1.33. The number of sulfonamides is 1. The summed E-state index contributed by atoms with van der Waals surface area (Å²) in [4.78, 5) is 1.04. The van der Waals surface area contributed by atoms with Crippen LogP contribution in [-0.2, 0) is 16.6 Å².